The molecule has 2 fully saturated rings. The third-order valence-corrected chi connectivity index (χ3v) is 6.87. The van der Waals surface area contributed by atoms with E-state index in [4.69, 9.17) is 16.3 Å². The van der Waals surface area contributed by atoms with Crippen molar-refractivity contribution < 1.29 is 4.74 Å². The van der Waals surface area contributed by atoms with E-state index in [2.05, 4.69) is 62.8 Å². The van der Waals surface area contributed by atoms with Crippen LogP contribution in [-0.2, 0) is 11.3 Å². The first-order chi connectivity index (χ1) is 15.0. The number of benzene rings is 1. The number of rotatable bonds is 1. The van der Waals surface area contributed by atoms with Gasteiger partial charge in [0.2, 0.25) is 0 Å². The van der Waals surface area contributed by atoms with Crippen LogP contribution in [0.3, 0.4) is 0 Å². The normalized spacial score (nSPS) is 28.6. The van der Waals surface area contributed by atoms with Crippen LogP contribution in [0.4, 0.5) is 5.69 Å². The van der Waals surface area contributed by atoms with E-state index in [1.807, 2.05) is 6.92 Å². The monoisotopic (exact) mass is 439 g/mol. The third kappa shape index (κ3) is 3.37. The number of ether oxygens (including phenoxy) is 1. The lowest BCUT2D eigenvalue weighted by Gasteiger charge is -2.65. The van der Waals surface area contributed by atoms with Crippen LogP contribution >= 0.6 is 11.6 Å². The molecule has 4 bridgehead atoms. The van der Waals surface area contributed by atoms with E-state index in [1.165, 1.54) is 16.8 Å². The number of anilines is 1. The smallest absolute Gasteiger partial charge is 0.179 e. The van der Waals surface area contributed by atoms with Gasteiger partial charge in [-0.1, -0.05) is 30.3 Å². The summed E-state index contributed by atoms with van der Waals surface area (Å²) in [6.07, 6.45) is 3.08. The van der Waals surface area contributed by atoms with Crippen molar-refractivity contribution in [3.63, 3.8) is 0 Å². The van der Waals surface area contributed by atoms with E-state index in [1.54, 1.807) is 0 Å². The number of hydrogen-bond donors (Lipinski definition) is 2. The number of nitrogens with zero attached hydrogens (tertiary/aromatic N) is 3. The number of nitrogens with one attached hydrogen (secondary N) is 2. The van der Waals surface area contributed by atoms with Crippen molar-refractivity contribution in [3.8, 4) is 0 Å². The predicted molar refractivity (Wildman–Crippen MR) is 126 cm³/mol. The molecular weight excluding hydrogens is 410 g/mol. The average molecular weight is 440 g/mol. The van der Waals surface area contributed by atoms with Gasteiger partial charge in [0.25, 0.3) is 0 Å². The Labute approximate surface area is 189 Å². The molecule has 4 aliphatic rings. The minimum Gasteiger partial charge on any atom is -0.480 e. The van der Waals surface area contributed by atoms with E-state index in [9.17, 15) is 0 Å². The fourth-order valence-electron chi connectivity index (χ4n) is 5.37. The minimum absolute atomic E-state index is 0.169. The zero-order valence-electron chi connectivity index (χ0n) is 18.1. The highest BCUT2D eigenvalue weighted by Crippen LogP contribution is 2.56. The molecule has 0 radical (unpaired) electrons. The van der Waals surface area contributed by atoms with Crippen molar-refractivity contribution in [1.82, 2.24) is 15.5 Å². The molecule has 1 aromatic carbocycles. The first-order valence-corrected chi connectivity index (χ1v) is 11.5. The Morgan fingerprint density at radius 2 is 2.16 bits per heavy atom. The van der Waals surface area contributed by atoms with Crippen molar-refractivity contribution in [2.45, 2.75) is 38.4 Å². The maximum atomic E-state index is 6.18. The molecule has 2 N–H and O–H groups in total. The zero-order chi connectivity index (χ0) is 21.6. The summed E-state index contributed by atoms with van der Waals surface area (Å²) in [6, 6.07) is 8.74. The molecule has 2 saturated heterocycles. The highest BCUT2D eigenvalue weighted by molar-refractivity contribution is 6.64. The highest BCUT2D eigenvalue weighted by Gasteiger charge is 2.64. The molecule has 2 atom stereocenters. The number of hydrogen-bond acceptors (Lipinski definition) is 6. The Kier molecular flexibility index (Phi) is 5.13. The van der Waals surface area contributed by atoms with Crippen LogP contribution < -0.4 is 15.5 Å². The van der Waals surface area contributed by atoms with Crippen LogP contribution in [0.2, 0.25) is 0 Å². The Bertz CT molecular complexity index is 982. The fourth-order valence-corrected chi connectivity index (χ4v) is 5.45. The van der Waals surface area contributed by atoms with E-state index in [0.717, 1.165) is 57.0 Å². The van der Waals surface area contributed by atoms with Crippen molar-refractivity contribution >= 4 is 22.5 Å². The number of aliphatic imine (C=N–C) groups is 1. The largest absolute Gasteiger partial charge is 0.480 e. The zero-order valence-corrected chi connectivity index (χ0v) is 18.8. The van der Waals surface area contributed by atoms with Gasteiger partial charge in [-0.2, -0.15) is 0 Å². The summed E-state index contributed by atoms with van der Waals surface area (Å²) in [5.41, 5.74) is 4.54. The van der Waals surface area contributed by atoms with E-state index in [-0.39, 0.29) is 5.66 Å². The van der Waals surface area contributed by atoms with E-state index < -0.39 is 0 Å². The summed E-state index contributed by atoms with van der Waals surface area (Å²) in [4.78, 5) is 9.56. The summed E-state index contributed by atoms with van der Waals surface area (Å²) in [6.45, 7) is 14.4. The molecule has 7 heteroatoms. The fraction of sp³-hybridized carbons (Fsp3) is 0.458. The van der Waals surface area contributed by atoms with Gasteiger partial charge < -0.3 is 25.2 Å². The summed E-state index contributed by atoms with van der Waals surface area (Å²) in [5.74, 6) is 2.07. The summed E-state index contributed by atoms with van der Waals surface area (Å²) < 4.78 is 5.79. The molecule has 2 unspecified atom stereocenters. The van der Waals surface area contributed by atoms with Gasteiger partial charge in [-0.25, -0.2) is 4.99 Å². The van der Waals surface area contributed by atoms with Gasteiger partial charge in [-0.05, 0) is 50.5 Å². The van der Waals surface area contributed by atoms with Gasteiger partial charge in [-0.3, -0.25) is 0 Å². The van der Waals surface area contributed by atoms with Crippen LogP contribution in [0, 0.1) is 5.92 Å². The van der Waals surface area contributed by atoms with Crippen molar-refractivity contribution in [1.29, 1.82) is 0 Å². The molecule has 4 heterocycles. The molecule has 4 aliphatic heterocycles. The lowest BCUT2D eigenvalue weighted by atomic mass is 9.70. The molecule has 0 aromatic heterocycles. The van der Waals surface area contributed by atoms with Crippen molar-refractivity contribution in [3.05, 3.63) is 66.0 Å². The van der Waals surface area contributed by atoms with Gasteiger partial charge in [0.1, 0.15) is 16.7 Å². The summed E-state index contributed by atoms with van der Waals surface area (Å²) >= 11 is 6.18. The second kappa shape index (κ2) is 7.83. The molecular formula is C24H30ClN5O. The van der Waals surface area contributed by atoms with Crippen molar-refractivity contribution in [2.24, 2.45) is 10.9 Å². The summed E-state index contributed by atoms with van der Waals surface area (Å²) in [5, 5.41) is 7.53. The van der Waals surface area contributed by atoms with Crippen molar-refractivity contribution in [2.75, 3.05) is 31.1 Å². The first kappa shape index (κ1) is 20.3. The van der Waals surface area contributed by atoms with Gasteiger partial charge >= 0.3 is 0 Å². The van der Waals surface area contributed by atoms with Crippen LogP contribution in [0.1, 0.15) is 31.7 Å². The first-order valence-electron chi connectivity index (χ1n) is 11.1. The molecule has 1 spiro atoms. The molecule has 1 aromatic rings. The van der Waals surface area contributed by atoms with E-state index >= 15 is 0 Å². The Morgan fingerprint density at radius 3 is 2.97 bits per heavy atom. The van der Waals surface area contributed by atoms with Crippen LogP contribution in [-0.4, -0.2) is 42.0 Å². The quantitative estimate of drug-likeness (QED) is 0.650. The van der Waals surface area contributed by atoms with Gasteiger partial charge in [-0.15, -0.1) is 0 Å². The molecule has 31 heavy (non-hydrogen) atoms. The van der Waals surface area contributed by atoms with E-state index in [0.29, 0.717) is 23.6 Å². The maximum Gasteiger partial charge on any atom is 0.179 e. The highest BCUT2D eigenvalue weighted by atomic mass is 35.5. The molecule has 0 aliphatic carbocycles. The van der Waals surface area contributed by atoms with Crippen LogP contribution in [0.25, 0.3) is 0 Å². The lowest BCUT2D eigenvalue weighted by Crippen LogP contribution is -2.78. The van der Waals surface area contributed by atoms with Gasteiger partial charge in [0.15, 0.2) is 5.88 Å². The lowest BCUT2D eigenvalue weighted by molar-refractivity contribution is -0.000662. The minimum atomic E-state index is -0.169. The Morgan fingerprint density at radius 1 is 1.29 bits per heavy atom. The molecule has 6 nitrogen and oxygen atoms in total. The average Bonchev–Trinajstić information content (AvgIpc) is 3.22. The Balaban J connectivity index is 1.47. The van der Waals surface area contributed by atoms with Crippen LogP contribution in [0.5, 0.6) is 0 Å². The molecule has 0 amide bonds. The molecule has 5 rings (SSSR count). The topological polar surface area (TPSA) is 52.1 Å². The van der Waals surface area contributed by atoms with Crippen LogP contribution in [0.15, 0.2) is 65.4 Å². The second-order valence-electron chi connectivity index (χ2n) is 8.76. The molecule has 0 saturated carbocycles. The number of fused-ring (bicyclic) bond motifs is 5. The predicted octanol–water partition coefficient (Wildman–Crippen LogP) is 3.88. The SMILES string of the molecule is C=C1NCc2cccc(c2)N2CCC(C2)C23NC(=C)C2=C(N=C(C)Cl)N3CCCCO1. The molecule has 164 valence electrons. The standard InChI is InChI=1S/C24H30ClN5O/c1-16-22-23(27-17(2)25)30-10-4-5-12-31-18(3)26-14-19-7-6-8-21(13-19)29-11-9-20(15-29)24(22,30)28-16/h6-8,13,20,26,28H,1,3-5,9-12,14-15H2,2H3. The maximum absolute atomic E-state index is 6.18. The Hall–Kier alpha value is -2.60. The third-order valence-electron chi connectivity index (χ3n) is 6.79. The second-order valence-corrected chi connectivity index (χ2v) is 9.31. The number of halogens is 1. The van der Waals surface area contributed by atoms with Gasteiger partial charge in [0.05, 0.1) is 12.2 Å². The summed E-state index contributed by atoms with van der Waals surface area (Å²) in [7, 11) is 0. The van der Waals surface area contributed by atoms with Gasteiger partial charge in [0, 0.05) is 43.5 Å².